The highest BCUT2D eigenvalue weighted by molar-refractivity contribution is 7.80. The second kappa shape index (κ2) is 8.53. The fourth-order valence-corrected chi connectivity index (χ4v) is 4.12. The Bertz CT molecular complexity index is 235. The van der Waals surface area contributed by atoms with Crippen molar-refractivity contribution in [1.82, 2.24) is 4.90 Å². The minimum Gasteiger partial charge on any atom is -0.393 e. The van der Waals surface area contributed by atoms with E-state index >= 15 is 0 Å². The minimum absolute atomic E-state index is 0.0134. The molecule has 0 saturated carbocycles. The van der Waals surface area contributed by atoms with Crippen LogP contribution in [0.4, 0.5) is 0 Å². The summed E-state index contributed by atoms with van der Waals surface area (Å²) >= 11 is 4.24. The number of hydrogen-bond acceptors (Lipinski definition) is 3. The summed E-state index contributed by atoms with van der Waals surface area (Å²) in [5.41, 5.74) is 0. The average Bonchev–Trinajstić information content (AvgIpc) is 2.64. The van der Waals surface area contributed by atoms with Gasteiger partial charge >= 0.3 is 0 Å². The van der Waals surface area contributed by atoms with Gasteiger partial charge in [-0.3, -0.25) is 4.90 Å². The van der Waals surface area contributed by atoms with Gasteiger partial charge in [0.2, 0.25) is 0 Å². The molecular weight excluding hydrogens is 254 g/mol. The quantitative estimate of drug-likeness (QED) is 0.499. The van der Waals surface area contributed by atoms with Gasteiger partial charge in [-0.1, -0.05) is 32.1 Å². The number of hydrogen-bond donors (Lipinski definition) is 2. The number of fused-ring (bicyclic) bond motifs is 2. The first-order chi connectivity index (χ1) is 9.31. The van der Waals surface area contributed by atoms with E-state index in [1.165, 1.54) is 64.3 Å². The standard InChI is InChI=1S/C16H31NOS/c18-16-12-14-8-9-15(13-16)17(14)10-6-4-2-1-3-5-7-11-19/h14-16,18-19H,1-13H2. The molecule has 2 bridgehead atoms. The van der Waals surface area contributed by atoms with Gasteiger partial charge < -0.3 is 5.11 Å². The number of aliphatic hydroxyl groups is 1. The van der Waals surface area contributed by atoms with E-state index in [1.54, 1.807) is 0 Å². The van der Waals surface area contributed by atoms with Crippen molar-refractivity contribution in [2.45, 2.75) is 88.8 Å². The van der Waals surface area contributed by atoms with Gasteiger partial charge in [-0.2, -0.15) is 12.6 Å². The monoisotopic (exact) mass is 285 g/mol. The van der Waals surface area contributed by atoms with Crippen LogP contribution in [0.25, 0.3) is 0 Å². The summed E-state index contributed by atoms with van der Waals surface area (Å²) < 4.78 is 0. The van der Waals surface area contributed by atoms with E-state index in [9.17, 15) is 5.11 Å². The number of aliphatic hydroxyl groups excluding tert-OH is 1. The van der Waals surface area contributed by atoms with Crippen molar-refractivity contribution in [1.29, 1.82) is 0 Å². The summed E-state index contributed by atoms with van der Waals surface area (Å²) in [4.78, 5) is 2.70. The molecule has 112 valence electrons. The third-order valence-corrected chi connectivity index (χ3v) is 5.25. The maximum Gasteiger partial charge on any atom is 0.0570 e. The second-order valence-corrected chi connectivity index (χ2v) is 6.89. The Morgan fingerprint density at radius 3 is 1.95 bits per heavy atom. The Hall–Kier alpha value is 0.270. The third-order valence-electron chi connectivity index (χ3n) is 4.93. The maximum absolute atomic E-state index is 9.79. The van der Waals surface area contributed by atoms with E-state index in [1.807, 2.05) is 0 Å². The second-order valence-electron chi connectivity index (χ2n) is 6.45. The topological polar surface area (TPSA) is 23.5 Å². The van der Waals surface area contributed by atoms with Crippen LogP contribution in [-0.4, -0.2) is 40.5 Å². The average molecular weight is 285 g/mol. The Morgan fingerprint density at radius 2 is 1.37 bits per heavy atom. The molecule has 0 aliphatic carbocycles. The van der Waals surface area contributed by atoms with E-state index in [-0.39, 0.29) is 6.10 Å². The lowest BCUT2D eigenvalue weighted by atomic mass is 9.99. The molecule has 2 aliphatic heterocycles. The number of thiol groups is 1. The van der Waals surface area contributed by atoms with Gasteiger partial charge in [0.05, 0.1) is 6.10 Å². The molecule has 2 heterocycles. The summed E-state index contributed by atoms with van der Waals surface area (Å²) in [6.07, 6.45) is 14.3. The largest absolute Gasteiger partial charge is 0.393 e. The predicted octanol–water partition coefficient (Wildman–Crippen LogP) is 3.63. The van der Waals surface area contributed by atoms with Crippen LogP contribution in [-0.2, 0) is 0 Å². The van der Waals surface area contributed by atoms with Crippen molar-refractivity contribution in [2.24, 2.45) is 0 Å². The maximum atomic E-state index is 9.79. The lowest BCUT2D eigenvalue weighted by Crippen LogP contribution is -2.44. The zero-order chi connectivity index (χ0) is 13.5. The summed E-state index contributed by atoms with van der Waals surface area (Å²) in [6.45, 7) is 1.28. The molecule has 2 rings (SSSR count). The fourth-order valence-electron chi connectivity index (χ4n) is 3.90. The van der Waals surface area contributed by atoms with Crippen molar-refractivity contribution in [3.05, 3.63) is 0 Å². The summed E-state index contributed by atoms with van der Waals surface area (Å²) in [7, 11) is 0. The van der Waals surface area contributed by atoms with Crippen molar-refractivity contribution < 1.29 is 5.11 Å². The van der Waals surface area contributed by atoms with Gasteiger partial charge in [-0.15, -0.1) is 0 Å². The predicted molar refractivity (Wildman–Crippen MR) is 84.9 cm³/mol. The number of nitrogens with zero attached hydrogens (tertiary/aromatic N) is 1. The van der Waals surface area contributed by atoms with Crippen LogP contribution in [0.2, 0.25) is 0 Å². The molecule has 2 atom stereocenters. The Labute approximate surface area is 124 Å². The lowest BCUT2D eigenvalue weighted by Gasteiger charge is -2.37. The molecular formula is C16H31NOS. The molecule has 2 fully saturated rings. The van der Waals surface area contributed by atoms with Crippen LogP contribution in [0.5, 0.6) is 0 Å². The molecule has 1 N–H and O–H groups in total. The molecule has 19 heavy (non-hydrogen) atoms. The Morgan fingerprint density at radius 1 is 0.842 bits per heavy atom. The molecule has 0 aromatic heterocycles. The molecule has 0 aromatic rings. The van der Waals surface area contributed by atoms with Gasteiger partial charge in [-0.05, 0) is 50.8 Å². The van der Waals surface area contributed by atoms with E-state index in [2.05, 4.69) is 17.5 Å². The van der Waals surface area contributed by atoms with Crippen LogP contribution >= 0.6 is 12.6 Å². The molecule has 0 radical (unpaired) electrons. The van der Waals surface area contributed by atoms with Crippen LogP contribution in [0.15, 0.2) is 0 Å². The molecule has 2 nitrogen and oxygen atoms in total. The summed E-state index contributed by atoms with van der Waals surface area (Å²) in [5, 5.41) is 9.79. The normalized spacial score (nSPS) is 30.9. The van der Waals surface area contributed by atoms with Crippen molar-refractivity contribution in [3.8, 4) is 0 Å². The Balaban J connectivity index is 1.50. The first-order valence-electron chi connectivity index (χ1n) is 8.36. The first-order valence-corrected chi connectivity index (χ1v) is 8.99. The molecule has 0 spiro atoms. The van der Waals surface area contributed by atoms with E-state index in [0.717, 1.165) is 18.6 Å². The smallest absolute Gasteiger partial charge is 0.0570 e. The Kier molecular flexibility index (Phi) is 7.03. The van der Waals surface area contributed by atoms with Gasteiger partial charge in [-0.25, -0.2) is 0 Å². The van der Waals surface area contributed by atoms with Crippen LogP contribution in [0.3, 0.4) is 0 Å². The molecule has 0 aromatic carbocycles. The van der Waals surface area contributed by atoms with Crippen LogP contribution < -0.4 is 0 Å². The number of rotatable bonds is 9. The van der Waals surface area contributed by atoms with Gasteiger partial charge in [0.25, 0.3) is 0 Å². The fraction of sp³-hybridized carbons (Fsp3) is 1.00. The van der Waals surface area contributed by atoms with Crippen LogP contribution in [0.1, 0.15) is 70.6 Å². The molecule has 2 aliphatic rings. The highest BCUT2D eigenvalue weighted by Crippen LogP contribution is 2.35. The molecule has 3 heteroatoms. The van der Waals surface area contributed by atoms with Crippen molar-refractivity contribution in [3.63, 3.8) is 0 Å². The number of piperidine rings is 1. The van der Waals surface area contributed by atoms with Gasteiger partial charge in [0, 0.05) is 12.1 Å². The first kappa shape index (κ1) is 15.7. The van der Waals surface area contributed by atoms with E-state index < -0.39 is 0 Å². The van der Waals surface area contributed by atoms with E-state index in [4.69, 9.17) is 0 Å². The third kappa shape index (κ3) is 4.95. The SMILES string of the molecule is OC1CC2CCC(C1)N2CCCCCCCCCS. The molecule has 2 unspecified atom stereocenters. The van der Waals surface area contributed by atoms with Gasteiger partial charge in [0.15, 0.2) is 0 Å². The molecule has 2 saturated heterocycles. The van der Waals surface area contributed by atoms with Crippen molar-refractivity contribution in [2.75, 3.05) is 12.3 Å². The van der Waals surface area contributed by atoms with E-state index in [0.29, 0.717) is 12.1 Å². The zero-order valence-electron chi connectivity index (χ0n) is 12.3. The minimum atomic E-state index is -0.0134. The molecule has 0 amide bonds. The highest BCUT2D eigenvalue weighted by Gasteiger charge is 2.39. The van der Waals surface area contributed by atoms with Gasteiger partial charge in [0.1, 0.15) is 0 Å². The summed E-state index contributed by atoms with van der Waals surface area (Å²) in [6, 6.07) is 1.40. The van der Waals surface area contributed by atoms with Crippen molar-refractivity contribution >= 4 is 12.6 Å². The van der Waals surface area contributed by atoms with Crippen LogP contribution in [0, 0.1) is 0 Å². The number of unbranched alkanes of at least 4 members (excludes halogenated alkanes) is 6. The summed E-state index contributed by atoms with van der Waals surface area (Å²) in [5.74, 6) is 1.05. The zero-order valence-corrected chi connectivity index (χ0v) is 13.2. The highest BCUT2D eigenvalue weighted by atomic mass is 32.1. The lowest BCUT2D eigenvalue weighted by molar-refractivity contribution is 0.0346.